The molecule has 1 N–H and O–H groups in total. The molecule has 1 fully saturated rings. The van der Waals surface area contributed by atoms with Crippen molar-refractivity contribution in [1.82, 2.24) is 15.5 Å². The molecular weight excluding hydrogens is 210 g/mol. The van der Waals surface area contributed by atoms with Crippen LogP contribution in [0.25, 0.3) is 0 Å². The maximum absolute atomic E-state index is 5.30. The summed E-state index contributed by atoms with van der Waals surface area (Å²) < 4.78 is 5.30. The third kappa shape index (κ3) is 2.18. The van der Waals surface area contributed by atoms with Gasteiger partial charge in [-0.2, -0.15) is 16.7 Å². The zero-order chi connectivity index (χ0) is 10.9. The van der Waals surface area contributed by atoms with E-state index < -0.39 is 0 Å². The highest BCUT2D eigenvalue weighted by atomic mass is 32.2. The Morgan fingerprint density at radius 3 is 2.93 bits per heavy atom. The number of hydrogen-bond acceptors (Lipinski definition) is 5. The molecule has 4 nitrogen and oxygen atoms in total. The van der Waals surface area contributed by atoms with Gasteiger partial charge in [-0.3, -0.25) is 0 Å². The van der Waals surface area contributed by atoms with Crippen LogP contribution in [0.2, 0.25) is 0 Å². The Balaban J connectivity index is 2.16. The molecule has 0 aliphatic carbocycles. The van der Waals surface area contributed by atoms with Crippen LogP contribution in [0.1, 0.15) is 43.7 Å². The zero-order valence-corrected chi connectivity index (χ0v) is 10.2. The molecular formula is C10H17N3OS. The fourth-order valence-corrected chi connectivity index (χ4v) is 2.70. The smallest absolute Gasteiger partial charge is 0.246 e. The zero-order valence-electron chi connectivity index (χ0n) is 9.41. The van der Waals surface area contributed by atoms with Gasteiger partial charge in [-0.05, 0) is 39.5 Å². The minimum atomic E-state index is -0.242. The lowest BCUT2D eigenvalue weighted by atomic mass is 10.1. The standard InChI is InChI=1S/C10H17N3OS/c1-10(2,11-3)9-12-8(13-14-9)7-5-4-6-15-7/h7,11H,4-6H2,1-3H3. The summed E-state index contributed by atoms with van der Waals surface area (Å²) in [4.78, 5) is 4.47. The van der Waals surface area contributed by atoms with Crippen molar-refractivity contribution < 1.29 is 4.52 Å². The van der Waals surface area contributed by atoms with E-state index in [1.165, 1.54) is 18.6 Å². The van der Waals surface area contributed by atoms with E-state index in [4.69, 9.17) is 4.52 Å². The average molecular weight is 227 g/mol. The molecule has 0 aromatic carbocycles. The maximum Gasteiger partial charge on any atom is 0.246 e. The van der Waals surface area contributed by atoms with Crippen molar-refractivity contribution in [2.75, 3.05) is 12.8 Å². The van der Waals surface area contributed by atoms with Crippen molar-refractivity contribution in [3.63, 3.8) is 0 Å². The summed E-state index contributed by atoms with van der Waals surface area (Å²) in [5.41, 5.74) is -0.242. The van der Waals surface area contributed by atoms with Crippen molar-refractivity contribution in [2.24, 2.45) is 0 Å². The van der Waals surface area contributed by atoms with Gasteiger partial charge in [0.15, 0.2) is 5.82 Å². The molecule has 0 saturated carbocycles. The molecule has 1 unspecified atom stereocenters. The molecule has 1 aromatic heterocycles. The second-order valence-corrected chi connectivity index (χ2v) is 5.65. The number of nitrogens with one attached hydrogen (secondary N) is 1. The first-order chi connectivity index (χ1) is 7.13. The SMILES string of the molecule is CNC(C)(C)c1nc(C2CCCS2)no1. The van der Waals surface area contributed by atoms with Crippen LogP contribution in [0.3, 0.4) is 0 Å². The van der Waals surface area contributed by atoms with Crippen LogP contribution in [0.4, 0.5) is 0 Å². The molecule has 1 aromatic rings. The molecule has 0 spiro atoms. The Morgan fingerprint density at radius 2 is 2.33 bits per heavy atom. The van der Waals surface area contributed by atoms with Gasteiger partial charge in [0.25, 0.3) is 0 Å². The van der Waals surface area contributed by atoms with E-state index in [1.54, 1.807) is 0 Å². The molecule has 0 radical (unpaired) electrons. The normalized spacial score (nSPS) is 22.2. The van der Waals surface area contributed by atoms with E-state index >= 15 is 0 Å². The largest absolute Gasteiger partial charge is 0.337 e. The molecule has 2 rings (SSSR count). The summed E-state index contributed by atoms with van der Waals surface area (Å²) in [6.07, 6.45) is 2.43. The van der Waals surface area contributed by atoms with E-state index in [0.29, 0.717) is 11.1 Å². The first-order valence-electron chi connectivity index (χ1n) is 5.28. The van der Waals surface area contributed by atoms with Crippen LogP contribution in [0.5, 0.6) is 0 Å². The van der Waals surface area contributed by atoms with Gasteiger partial charge in [-0.1, -0.05) is 5.16 Å². The minimum Gasteiger partial charge on any atom is -0.337 e. The molecule has 0 amide bonds. The van der Waals surface area contributed by atoms with Crippen LogP contribution in [0.15, 0.2) is 4.52 Å². The van der Waals surface area contributed by atoms with Gasteiger partial charge < -0.3 is 9.84 Å². The Hall–Kier alpha value is -0.550. The quantitative estimate of drug-likeness (QED) is 0.857. The van der Waals surface area contributed by atoms with E-state index in [2.05, 4.69) is 15.5 Å². The van der Waals surface area contributed by atoms with E-state index in [1.807, 2.05) is 32.7 Å². The summed E-state index contributed by atoms with van der Waals surface area (Å²) >= 11 is 1.92. The van der Waals surface area contributed by atoms with Crippen LogP contribution in [0, 0.1) is 0 Å². The highest BCUT2D eigenvalue weighted by Gasteiger charge is 2.29. The predicted octanol–water partition coefficient (Wildman–Crippen LogP) is 2.09. The number of aromatic nitrogens is 2. The van der Waals surface area contributed by atoms with Gasteiger partial charge in [0.05, 0.1) is 10.8 Å². The molecule has 5 heteroatoms. The van der Waals surface area contributed by atoms with Crippen molar-refractivity contribution in [2.45, 2.75) is 37.5 Å². The predicted molar refractivity (Wildman–Crippen MR) is 60.8 cm³/mol. The van der Waals surface area contributed by atoms with Gasteiger partial charge in [0.2, 0.25) is 5.89 Å². The maximum atomic E-state index is 5.30. The first-order valence-corrected chi connectivity index (χ1v) is 6.33. The Bertz CT molecular complexity index is 331. The van der Waals surface area contributed by atoms with Crippen molar-refractivity contribution in [3.05, 3.63) is 11.7 Å². The summed E-state index contributed by atoms with van der Waals surface area (Å²) in [6, 6.07) is 0. The second kappa shape index (κ2) is 4.14. The van der Waals surface area contributed by atoms with Crippen LogP contribution in [-0.2, 0) is 5.54 Å². The number of thioether (sulfide) groups is 1. The van der Waals surface area contributed by atoms with Crippen molar-refractivity contribution >= 4 is 11.8 Å². The third-order valence-electron chi connectivity index (χ3n) is 2.82. The molecule has 15 heavy (non-hydrogen) atoms. The fourth-order valence-electron chi connectivity index (χ4n) is 1.51. The molecule has 84 valence electrons. The summed E-state index contributed by atoms with van der Waals surface area (Å²) in [7, 11) is 1.90. The van der Waals surface area contributed by atoms with Gasteiger partial charge in [0.1, 0.15) is 0 Å². The van der Waals surface area contributed by atoms with Gasteiger partial charge in [-0.25, -0.2) is 0 Å². The van der Waals surface area contributed by atoms with E-state index in [0.717, 1.165) is 5.82 Å². The number of hydrogen-bond donors (Lipinski definition) is 1. The number of nitrogens with zero attached hydrogens (tertiary/aromatic N) is 2. The molecule has 0 bridgehead atoms. The third-order valence-corrected chi connectivity index (χ3v) is 4.19. The number of rotatable bonds is 3. The molecule has 1 atom stereocenters. The summed E-state index contributed by atoms with van der Waals surface area (Å²) in [5.74, 6) is 2.74. The summed E-state index contributed by atoms with van der Waals surface area (Å²) in [6.45, 7) is 4.07. The highest BCUT2D eigenvalue weighted by Crippen LogP contribution is 2.38. The Labute approximate surface area is 94.2 Å². The van der Waals surface area contributed by atoms with E-state index in [9.17, 15) is 0 Å². The lowest BCUT2D eigenvalue weighted by Gasteiger charge is -2.17. The van der Waals surface area contributed by atoms with Crippen LogP contribution in [-0.4, -0.2) is 22.9 Å². The molecule has 1 saturated heterocycles. The average Bonchev–Trinajstić information content (AvgIpc) is 2.88. The minimum absolute atomic E-state index is 0.242. The Morgan fingerprint density at radius 1 is 1.53 bits per heavy atom. The summed E-state index contributed by atoms with van der Waals surface area (Å²) in [5, 5.41) is 7.66. The highest BCUT2D eigenvalue weighted by molar-refractivity contribution is 7.99. The topological polar surface area (TPSA) is 51.0 Å². The molecule has 1 aliphatic rings. The van der Waals surface area contributed by atoms with E-state index in [-0.39, 0.29) is 5.54 Å². The fraction of sp³-hybridized carbons (Fsp3) is 0.800. The molecule has 1 aliphatic heterocycles. The Kier molecular flexibility index (Phi) is 3.02. The van der Waals surface area contributed by atoms with Gasteiger partial charge in [0, 0.05) is 0 Å². The molecule has 2 heterocycles. The lowest BCUT2D eigenvalue weighted by molar-refractivity contribution is 0.279. The van der Waals surface area contributed by atoms with Gasteiger partial charge in [-0.15, -0.1) is 0 Å². The van der Waals surface area contributed by atoms with Crippen LogP contribution >= 0.6 is 11.8 Å². The van der Waals surface area contributed by atoms with Crippen molar-refractivity contribution in [1.29, 1.82) is 0 Å². The lowest BCUT2D eigenvalue weighted by Crippen LogP contribution is -2.33. The van der Waals surface area contributed by atoms with Gasteiger partial charge >= 0.3 is 0 Å². The second-order valence-electron chi connectivity index (χ2n) is 4.33. The van der Waals surface area contributed by atoms with Crippen molar-refractivity contribution in [3.8, 4) is 0 Å². The monoisotopic (exact) mass is 227 g/mol. The van der Waals surface area contributed by atoms with Crippen LogP contribution < -0.4 is 5.32 Å². The first kappa shape index (κ1) is 11.0.